The zero-order valence-corrected chi connectivity index (χ0v) is 46.7. The lowest BCUT2D eigenvalue weighted by molar-refractivity contribution is -0.274. The van der Waals surface area contributed by atoms with Crippen molar-refractivity contribution in [3.05, 3.63) is 233 Å². The van der Waals surface area contributed by atoms with Gasteiger partial charge in [0.1, 0.15) is 11.5 Å². The van der Waals surface area contributed by atoms with Gasteiger partial charge >= 0.3 is 12.3 Å². The van der Waals surface area contributed by atoms with E-state index in [0.29, 0.717) is 10.6 Å². The number of carboxylic acids is 1. The van der Waals surface area contributed by atoms with Crippen LogP contribution in [-0.2, 0) is 12.8 Å². The molecule has 1 aromatic heterocycles. The number of halogens is 4. The maximum Gasteiger partial charge on any atom is 0.573 e. The monoisotopic (exact) mass is 1100 g/mol. The van der Waals surface area contributed by atoms with E-state index < -0.39 is 12.3 Å². The van der Waals surface area contributed by atoms with E-state index >= 15 is 0 Å². The van der Waals surface area contributed by atoms with Gasteiger partial charge in [-0.05, 0) is 167 Å². The van der Waals surface area contributed by atoms with E-state index in [1.165, 1.54) is 91.5 Å². The summed E-state index contributed by atoms with van der Waals surface area (Å²) in [5, 5.41) is 26.1. The minimum absolute atomic E-state index is 0.222. The van der Waals surface area contributed by atoms with Crippen LogP contribution in [0.2, 0.25) is 5.02 Å². The van der Waals surface area contributed by atoms with Crippen molar-refractivity contribution in [3.63, 3.8) is 0 Å². The topological polar surface area (TPSA) is 117 Å². The van der Waals surface area contributed by atoms with Crippen LogP contribution < -0.4 is 9.47 Å². The van der Waals surface area contributed by atoms with Crippen molar-refractivity contribution >= 4 is 41.1 Å². The molecule has 0 aliphatic heterocycles. The number of azo groups is 1. The van der Waals surface area contributed by atoms with Crippen LogP contribution in [-0.4, -0.2) is 29.0 Å². The Morgan fingerprint density at radius 2 is 1.06 bits per heavy atom. The molecular formula is C68H70ClF3N4O4. The number of benzene rings is 7. The molecule has 0 aliphatic rings. The average Bonchev–Trinajstić information content (AvgIpc) is 3.48. The van der Waals surface area contributed by atoms with Gasteiger partial charge in [0.2, 0.25) is 0 Å². The summed E-state index contributed by atoms with van der Waals surface area (Å²) < 4.78 is 46.2. The lowest BCUT2D eigenvalue weighted by Gasteiger charge is -2.08. The minimum Gasteiger partial charge on any atom is -0.494 e. The van der Waals surface area contributed by atoms with Gasteiger partial charge in [-0.2, -0.15) is 15.5 Å². The van der Waals surface area contributed by atoms with Crippen LogP contribution in [0, 0.1) is 17.2 Å². The fourth-order valence-electron chi connectivity index (χ4n) is 7.71. The van der Waals surface area contributed by atoms with Gasteiger partial charge in [-0.3, -0.25) is 4.98 Å². The third-order valence-electron chi connectivity index (χ3n) is 12.3. The number of carbonyl (C=O) groups is 1. The predicted molar refractivity (Wildman–Crippen MR) is 320 cm³/mol. The van der Waals surface area contributed by atoms with E-state index in [1.54, 1.807) is 36.7 Å². The molecule has 0 bridgehead atoms. The second kappa shape index (κ2) is 34.5. The Labute approximate surface area is 475 Å². The summed E-state index contributed by atoms with van der Waals surface area (Å²) in [6.45, 7) is 9.71. The summed E-state index contributed by atoms with van der Waals surface area (Å²) in [5.74, 6) is 0.476. The second-order valence-electron chi connectivity index (χ2n) is 19.2. The summed E-state index contributed by atoms with van der Waals surface area (Å²) in [4.78, 5) is 14.2. The number of rotatable bonds is 21. The Morgan fingerprint density at radius 3 is 1.55 bits per heavy atom. The van der Waals surface area contributed by atoms with Crippen molar-refractivity contribution in [1.29, 1.82) is 5.26 Å². The van der Waals surface area contributed by atoms with E-state index in [-0.39, 0.29) is 11.3 Å². The molecule has 0 saturated heterocycles. The molecule has 0 atom stereocenters. The first kappa shape index (κ1) is 62.5. The Hall–Kier alpha value is -8.33. The van der Waals surface area contributed by atoms with Crippen LogP contribution in [0.1, 0.15) is 117 Å². The van der Waals surface area contributed by atoms with Gasteiger partial charge in [0, 0.05) is 17.4 Å². The van der Waals surface area contributed by atoms with Crippen molar-refractivity contribution in [2.24, 2.45) is 16.1 Å². The number of aryl methyl sites for hydroxylation is 2. The van der Waals surface area contributed by atoms with Gasteiger partial charge < -0.3 is 14.6 Å². The number of hydrogen-bond donors (Lipinski definition) is 1. The molecule has 0 fully saturated rings. The first-order valence-corrected chi connectivity index (χ1v) is 27.4. The summed E-state index contributed by atoms with van der Waals surface area (Å²) >= 11 is 5.52. The SMILES string of the molecule is CC(C)CCc1ccc(-c2ccc(C#N)cc2)cc1.CCCCCCOc1ccc(N=Nc2ccncc2)cc1.CCCCCc1ccc(-c2ccc(C=Cc3ccc(OC(F)(F)F)cc3)cc2)cc1.O=C(O)c1ccc(Cl)cc1. The van der Waals surface area contributed by atoms with E-state index in [4.69, 9.17) is 26.7 Å². The van der Waals surface area contributed by atoms with Crippen LogP contribution in [0.3, 0.4) is 0 Å². The van der Waals surface area contributed by atoms with Gasteiger partial charge in [0.05, 0.1) is 35.2 Å². The number of ether oxygens (including phenoxy) is 2. The molecular weight excluding hydrogens is 1030 g/mol. The zero-order valence-electron chi connectivity index (χ0n) is 46.0. The molecule has 12 heteroatoms. The molecule has 414 valence electrons. The lowest BCUT2D eigenvalue weighted by atomic mass is 9.99. The van der Waals surface area contributed by atoms with Gasteiger partial charge in [0.15, 0.2) is 0 Å². The summed E-state index contributed by atoms with van der Waals surface area (Å²) in [7, 11) is 0. The molecule has 8 aromatic rings. The molecule has 0 amide bonds. The van der Waals surface area contributed by atoms with Crippen LogP contribution in [0.5, 0.6) is 11.5 Å². The number of carboxylic acid groups (broad SMARTS) is 1. The molecule has 7 aromatic carbocycles. The highest BCUT2D eigenvalue weighted by atomic mass is 35.5. The number of aromatic nitrogens is 1. The fourth-order valence-corrected chi connectivity index (χ4v) is 7.83. The number of nitrogens with zero attached hydrogens (tertiary/aromatic N) is 4. The predicted octanol–water partition coefficient (Wildman–Crippen LogP) is 20.5. The maximum atomic E-state index is 12.2. The molecule has 0 aliphatic carbocycles. The largest absolute Gasteiger partial charge is 0.573 e. The van der Waals surface area contributed by atoms with Crippen molar-refractivity contribution in [2.75, 3.05) is 6.61 Å². The molecule has 0 saturated carbocycles. The number of alkyl halides is 3. The number of hydrogen-bond acceptors (Lipinski definition) is 7. The summed E-state index contributed by atoms with van der Waals surface area (Å²) in [6.07, 6.45) is 14.6. The van der Waals surface area contributed by atoms with E-state index in [2.05, 4.69) is 114 Å². The summed E-state index contributed by atoms with van der Waals surface area (Å²) in [5.41, 5.74) is 11.9. The molecule has 1 N–H and O–H groups in total. The Kier molecular flexibility index (Phi) is 27.0. The second-order valence-corrected chi connectivity index (χ2v) is 19.6. The highest BCUT2D eigenvalue weighted by Crippen LogP contribution is 2.26. The lowest BCUT2D eigenvalue weighted by Crippen LogP contribution is -2.16. The van der Waals surface area contributed by atoms with E-state index in [0.717, 1.165) is 71.2 Å². The molecule has 0 radical (unpaired) electrons. The van der Waals surface area contributed by atoms with Crippen molar-refractivity contribution in [2.45, 2.75) is 98.3 Å². The standard InChI is InChI=1S/C26H25F3O.C18H19N.C17H21N3O.C7H5ClO2/c1-2-3-4-5-20-8-14-23(15-9-20)24-16-10-21(11-17-24)6-7-22-12-18-25(19-13-22)30-26(27,28)29;1-14(2)3-4-15-5-9-17(10-6-15)18-11-7-16(13-19)8-12-18;1-2-3-4-5-14-21-17-8-6-15(7-9-17)19-20-16-10-12-18-13-11-16;8-6-3-1-5(2-4-6)7(9)10/h6-19H,2-5H2,1H3;5-12,14H,3-4H2,1-2H3;6-13H,2-5,14H2,1H3;1-4H,(H,9,10). The third kappa shape index (κ3) is 24.6. The van der Waals surface area contributed by atoms with Gasteiger partial charge in [-0.1, -0.05) is 181 Å². The highest BCUT2D eigenvalue weighted by molar-refractivity contribution is 6.30. The van der Waals surface area contributed by atoms with Crippen LogP contribution >= 0.6 is 11.6 Å². The molecule has 0 unspecified atom stereocenters. The van der Waals surface area contributed by atoms with E-state index in [9.17, 15) is 18.0 Å². The van der Waals surface area contributed by atoms with E-state index in [1.807, 2.05) is 84.9 Å². The third-order valence-corrected chi connectivity index (χ3v) is 12.6. The fraction of sp³-hybridized carbons (Fsp3) is 0.250. The Balaban J connectivity index is 0.000000208. The number of pyridine rings is 1. The van der Waals surface area contributed by atoms with Crippen LogP contribution in [0.25, 0.3) is 34.4 Å². The molecule has 80 heavy (non-hydrogen) atoms. The zero-order chi connectivity index (χ0) is 57.4. The number of aromatic carboxylic acids is 1. The number of unbranched alkanes of at least 4 members (excludes halogenated alkanes) is 5. The molecule has 8 rings (SSSR count). The van der Waals surface area contributed by atoms with Crippen molar-refractivity contribution < 1.29 is 32.5 Å². The van der Waals surface area contributed by atoms with Gasteiger partial charge in [-0.25, -0.2) is 4.79 Å². The first-order chi connectivity index (χ1) is 38.7. The first-order valence-electron chi connectivity index (χ1n) is 27.1. The smallest absolute Gasteiger partial charge is 0.494 e. The van der Waals surface area contributed by atoms with Gasteiger partial charge in [-0.15, -0.1) is 13.2 Å². The highest BCUT2D eigenvalue weighted by Gasteiger charge is 2.31. The Bertz CT molecular complexity index is 3110. The quantitative estimate of drug-likeness (QED) is 0.0435. The normalized spacial score (nSPS) is 10.9. The average molecular weight is 1100 g/mol. The van der Waals surface area contributed by atoms with Crippen molar-refractivity contribution in [3.8, 4) is 39.8 Å². The summed E-state index contributed by atoms with van der Waals surface area (Å²) in [6, 6.07) is 58.7. The van der Waals surface area contributed by atoms with Crippen molar-refractivity contribution in [1.82, 2.24) is 4.98 Å². The van der Waals surface area contributed by atoms with Crippen LogP contribution in [0.4, 0.5) is 24.5 Å². The van der Waals surface area contributed by atoms with Crippen LogP contribution in [0.15, 0.2) is 205 Å². The maximum absolute atomic E-state index is 12.2. The molecule has 8 nitrogen and oxygen atoms in total. The van der Waals surface area contributed by atoms with Gasteiger partial charge in [0.25, 0.3) is 0 Å². The molecule has 1 heterocycles. The number of nitriles is 1. The minimum atomic E-state index is -4.67. The Morgan fingerprint density at radius 1 is 0.600 bits per heavy atom. The molecule has 0 spiro atoms.